The minimum absolute atomic E-state index is 0.00276. The number of carboxylic acids is 2. The number of pyridine rings is 1. The number of oxime groups is 1. The molecule has 1 aliphatic rings. The normalized spacial score (nSPS) is 15.3. The second-order valence-corrected chi connectivity index (χ2v) is 11.9. The Morgan fingerprint density at radius 2 is 1.83 bits per heavy atom. The van der Waals surface area contributed by atoms with E-state index in [1.54, 1.807) is 30.3 Å². The van der Waals surface area contributed by atoms with Gasteiger partial charge >= 0.3 is 11.9 Å². The number of aliphatic carboxylic acids is 2. The lowest BCUT2D eigenvalue weighted by Gasteiger charge is -2.38. The Labute approximate surface area is 270 Å². The number of carboxylic acid groups (broad SMARTS) is 2. The third kappa shape index (κ3) is 7.12. The summed E-state index contributed by atoms with van der Waals surface area (Å²) in [5.41, 5.74) is 4.60. The molecule has 1 saturated heterocycles. The van der Waals surface area contributed by atoms with E-state index in [4.69, 9.17) is 10.6 Å². The minimum atomic E-state index is -1.78. The Balaban J connectivity index is 1.26. The molecule has 7 N–H and O–H groups in total. The van der Waals surface area contributed by atoms with Crippen LogP contribution < -0.4 is 15.6 Å². The molecule has 4 aromatic rings. The van der Waals surface area contributed by atoms with E-state index in [0.717, 1.165) is 32.6 Å². The van der Waals surface area contributed by atoms with Gasteiger partial charge in [0.1, 0.15) is 17.4 Å². The van der Waals surface area contributed by atoms with E-state index in [9.17, 15) is 39.6 Å². The summed E-state index contributed by atoms with van der Waals surface area (Å²) in [5, 5.41) is 47.9. The third-order valence-electron chi connectivity index (χ3n) is 7.18. The van der Waals surface area contributed by atoms with Gasteiger partial charge in [0.2, 0.25) is 5.60 Å². The summed E-state index contributed by atoms with van der Waals surface area (Å²) in [5.74, 6) is -4.69. The Kier molecular flexibility index (Phi) is 8.79. The van der Waals surface area contributed by atoms with E-state index in [-0.39, 0.29) is 34.6 Å². The van der Waals surface area contributed by atoms with Crippen molar-refractivity contribution in [2.45, 2.75) is 32.0 Å². The second-order valence-electron chi connectivity index (χ2n) is 11.1. The monoisotopic (exact) mass is 661 g/mol. The van der Waals surface area contributed by atoms with Gasteiger partial charge in [0.15, 0.2) is 41.3 Å². The maximum atomic E-state index is 13.1. The molecule has 1 atom stereocenters. The molecule has 15 nitrogen and oxygen atoms in total. The van der Waals surface area contributed by atoms with E-state index >= 15 is 0 Å². The van der Waals surface area contributed by atoms with Crippen molar-refractivity contribution in [3.8, 4) is 11.5 Å². The number of nitrogens with zero attached hydrogens (tertiary/aromatic N) is 4. The van der Waals surface area contributed by atoms with Crippen molar-refractivity contribution in [2.75, 3.05) is 12.3 Å². The predicted octanol–water partition coefficient (Wildman–Crippen LogP) is 1.66. The van der Waals surface area contributed by atoms with Crippen LogP contribution in [0, 0.1) is 0 Å². The summed E-state index contributed by atoms with van der Waals surface area (Å²) in [4.78, 5) is 59.7. The van der Waals surface area contributed by atoms with Gasteiger partial charge in [0.25, 0.3) is 11.8 Å². The number of rotatable bonds is 11. The molecule has 5 rings (SSSR count). The standard InChI is InChI=1S/C31H28N6O9S/c1-31(2,29(44)45)46-35-25(21-15-47-30(32)34-21)26(40)33-20-14-37(27(20)41)22(28(42)43)9-16-3-5-17(6-4-16)12-36-8-7-18-10-23(38)24(39)11-19(18)13-36/h3-11,13,15,20H,12,14H2,1-2H3,(H6,32,33,34,39,40,42,43,44,45)/p+1/b22-9-,35-25-. The predicted molar refractivity (Wildman–Crippen MR) is 168 cm³/mol. The average Bonchev–Trinajstić information content (AvgIpc) is 3.45. The lowest BCUT2D eigenvalue weighted by molar-refractivity contribution is -0.687. The summed E-state index contributed by atoms with van der Waals surface area (Å²) in [6.45, 7) is 2.78. The van der Waals surface area contributed by atoms with E-state index in [0.29, 0.717) is 12.1 Å². The van der Waals surface area contributed by atoms with E-state index in [1.165, 1.54) is 37.4 Å². The number of aromatic hydroxyl groups is 2. The highest BCUT2D eigenvalue weighted by atomic mass is 32.1. The van der Waals surface area contributed by atoms with Crippen LogP contribution in [-0.4, -0.2) is 78.0 Å². The molecule has 47 heavy (non-hydrogen) atoms. The van der Waals surface area contributed by atoms with Crippen molar-refractivity contribution in [3.63, 3.8) is 0 Å². The zero-order valence-corrected chi connectivity index (χ0v) is 25.8. The van der Waals surface area contributed by atoms with Gasteiger partial charge in [-0.25, -0.2) is 19.1 Å². The topological polar surface area (TPSA) is 229 Å². The number of nitrogens with one attached hydrogen (secondary N) is 1. The molecular weight excluding hydrogens is 632 g/mol. The number of hydrogen-bond acceptors (Lipinski definition) is 11. The molecular formula is C31H29N6O9S+. The Morgan fingerprint density at radius 3 is 2.43 bits per heavy atom. The first-order chi connectivity index (χ1) is 22.2. The fraction of sp³-hybridized carbons (Fsp3) is 0.194. The highest BCUT2D eigenvalue weighted by Gasteiger charge is 2.42. The number of nitrogen functional groups attached to an aromatic ring is 1. The Bertz CT molecular complexity index is 1970. The summed E-state index contributed by atoms with van der Waals surface area (Å²) in [7, 11) is 0. The number of benzene rings is 2. The first-order valence-electron chi connectivity index (χ1n) is 13.9. The van der Waals surface area contributed by atoms with Gasteiger partial charge in [-0.15, -0.1) is 11.3 Å². The molecule has 2 aromatic heterocycles. The summed E-state index contributed by atoms with van der Waals surface area (Å²) in [6, 6.07) is 10.7. The van der Waals surface area contributed by atoms with Gasteiger partial charge < -0.3 is 41.2 Å². The van der Waals surface area contributed by atoms with Crippen molar-refractivity contribution in [1.82, 2.24) is 15.2 Å². The first-order valence-corrected chi connectivity index (χ1v) is 14.8. The van der Waals surface area contributed by atoms with Gasteiger partial charge in [-0.05, 0) is 43.0 Å². The molecule has 1 aliphatic heterocycles. The van der Waals surface area contributed by atoms with Gasteiger partial charge in [-0.2, -0.15) is 0 Å². The number of thiazole rings is 1. The Morgan fingerprint density at radius 1 is 1.15 bits per heavy atom. The van der Waals surface area contributed by atoms with Crippen molar-refractivity contribution in [2.24, 2.45) is 5.16 Å². The van der Waals surface area contributed by atoms with E-state index in [1.807, 2.05) is 17.0 Å². The maximum Gasteiger partial charge on any atom is 0.352 e. The van der Waals surface area contributed by atoms with Crippen molar-refractivity contribution >= 4 is 62.8 Å². The van der Waals surface area contributed by atoms with Gasteiger partial charge in [-0.3, -0.25) is 9.59 Å². The quantitative estimate of drug-likeness (QED) is 0.0338. The zero-order valence-electron chi connectivity index (χ0n) is 24.9. The van der Waals surface area contributed by atoms with Crippen LogP contribution >= 0.6 is 11.3 Å². The number of β-lactam (4-membered cyclic amide) rings is 1. The molecule has 0 aliphatic carbocycles. The van der Waals surface area contributed by atoms with Crippen LogP contribution in [0.1, 0.15) is 30.7 Å². The fourth-order valence-corrected chi connectivity index (χ4v) is 5.03. The molecule has 0 spiro atoms. The van der Waals surface area contributed by atoms with Gasteiger partial charge in [0, 0.05) is 22.4 Å². The largest absolute Gasteiger partial charge is 0.504 e. The number of hydrogen-bond donors (Lipinski definition) is 6. The lowest BCUT2D eigenvalue weighted by atomic mass is 10.0. The molecule has 0 radical (unpaired) electrons. The number of anilines is 1. The number of phenols is 2. The SMILES string of the molecule is CC(C)(O/N=C(\C(=O)NC1CN(/C(=C\c2ccc(C[n+]3ccc4cc(O)c(O)cc4c3)cc2)C(=O)O)C1=O)c1csc(N)n1)C(=O)O. The molecule has 1 fully saturated rings. The van der Waals surface area contributed by atoms with Crippen molar-refractivity contribution < 1.29 is 49.0 Å². The molecule has 2 amide bonds. The van der Waals surface area contributed by atoms with E-state index < -0.39 is 41.1 Å². The fourth-order valence-electron chi connectivity index (χ4n) is 4.48. The van der Waals surface area contributed by atoms with Crippen LogP contribution in [-0.2, 0) is 30.6 Å². The number of carbonyl (C=O) groups excluding carboxylic acids is 2. The van der Waals surface area contributed by atoms with Crippen LogP contribution in [0.4, 0.5) is 5.13 Å². The number of aromatic nitrogens is 2. The second kappa shape index (κ2) is 12.8. The number of fused-ring (bicyclic) bond motifs is 1. The maximum absolute atomic E-state index is 13.1. The molecule has 242 valence electrons. The number of nitrogens with two attached hydrogens (primary N) is 1. The smallest absolute Gasteiger partial charge is 0.352 e. The molecule has 0 bridgehead atoms. The third-order valence-corrected chi connectivity index (χ3v) is 7.86. The van der Waals surface area contributed by atoms with Crippen LogP contribution in [0.5, 0.6) is 11.5 Å². The number of likely N-dealkylation sites (tertiary alicyclic amines) is 1. The van der Waals surface area contributed by atoms with Crippen LogP contribution in [0.15, 0.2) is 71.1 Å². The highest BCUT2D eigenvalue weighted by Crippen LogP contribution is 2.29. The van der Waals surface area contributed by atoms with Crippen molar-refractivity contribution in [1.29, 1.82) is 0 Å². The number of phenolic OH excluding ortho intramolecular Hbond substituents is 2. The first kappa shape index (κ1) is 32.4. The number of carbonyl (C=O) groups is 4. The van der Waals surface area contributed by atoms with Crippen LogP contribution in [0.2, 0.25) is 0 Å². The van der Waals surface area contributed by atoms with Gasteiger partial charge in [0.05, 0.1) is 6.54 Å². The molecule has 1 unspecified atom stereocenters. The molecule has 3 heterocycles. The summed E-state index contributed by atoms with van der Waals surface area (Å²) in [6.07, 6.45) is 4.98. The average molecular weight is 662 g/mol. The van der Waals surface area contributed by atoms with Crippen LogP contribution in [0.3, 0.4) is 0 Å². The molecule has 2 aromatic carbocycles. The van der Waals surface area contributed by atoms with Crippen LogP contribution in [0.25, 0.3) is 16.8 Å². The zero-order chi connectivity index (χ0) is 34.0. The summed E-state index contributed by atoms with van der Waals surface area (Å²) < 4.78 is 1.89. The molecule has 0 saturated carbocycles. The number of amides is 2. The lowest BCUT2D eigenvalue weighted by Crippen LogP contribution is -2.64. The van der Waals surface area contributed by atoms with E-state index in [2.05, 4.69) is 15.5 Å². The minimum Gasteiger partial charge on any atom is -0.504 e. The summed E-state index contributed by atoms with van der Waals surface area (Å²) >= 11 is 1.01. The highest BCUT2D eigenvalue weighted by molar-refractivity contribution is 7.13. The van der Waals surface area contributed by atoms with Crippen molar-refractivity contribution in [3.05, 3.63) is 82.8 Å². The Hall–Kier alpha value is -6.03. The molecule has 16 heteroatoms. The van der Waals surface area contributed by atoms with Gasteiger partial charge in [-0.1, -0.05) is 29.4 Å².